The van der Waals surface area contributed by atoms with Crippen LogP contribution < -0.4 is 4.90 Å². The van der Waals surface area contributed by atoms with E-state index in [4.69, 9.17) is 69.6 Å². The van der Waals surface area contributed by atoms with Gasteiger partial charge in [-0.15, -0.1) is 23.2 Å². The minimum absolute atomic E-state index is 0.0148. The summed E-state index contributed by atoms with van der Waals surface area (Å²) < 4.78 is -1.95. The van der Waals surface area contributed by atoms with Gasteiger partial charge in [-0.1, -0.05) is 46.4 Å². The monoisotopic (exact) mass is 459 g/mol. The van der Waals surface area contributed by atoms with Crippen molar-refractivity contribution in [2.24, 2.45) is 11.8 Å². The van der Waals surface area contributed by atoms with Gasteiger partial charge >= 0.3 is 0 Å². The summed E-state index contributed by atoms with van der Waals surface area (Å²) in [6.07, 6.45) is 0. The number of fused-ring (bicyclic) bond motifs is 5. The number of amides is 2. The first-order valence-electron chi connectivity index (χ1n) is 7.00. The van der Waals surface area contributed by atoms with Crippen molar-refractivity contribution < 1.29 is 14.7 Å². The van der Waals surface area contributed by atoms with Crippen LogP contribution in [-0.2, 0) is 9.59 Å². The predicted octanol–water partition coefficient (Wildman–Crippen LogP) is 4.34. The SMILES string of the molecule is O=C1[C@@H]2[C@H](C(=O)N1c1ccc(O)cc1)[C@]1(Cl)C(Cl)=C(Cl)[C@]2(Cl)C1(Cl)Cl. The topological polar surface area (TPSA) is 57.6 Å². The van der Waals surface area contributed by atoms with E-state index >= 15 is 0 Å². The molecule has 2 fully saturated rings. The Hall–Kier alpha value is -0.360. The van der Waals surface area contributed by atoms with Crippen molar-refractivity contribution in [3.63, 3.8) is 0 Å². The van der Waals surface area contributed by atoms with E-state index in [0.717, 1.165) is 4.90 Å². The quantitative estimate of drug-likeness (QED) is 0.500. The fourth-order valence-corrected chi connectivity index (χ4v) is 6.78. The number of carbonyl (C=O) groups is 2. The number of imide groups is 1. The van der Waals surface area contributed by atoms with Crippen molar-refractivity contribution >= 4 is 87.1 Å². The lowest BCUT2D eigenvalue weighted by Gasteiger charge is -2.34. The van der Waals surface area contributed by atoms with Gasteiger partial charge in [-0.3, -0.25) is 9.59 Å². The molecule has 132 valence electrons. The molecule has 4 atom stereocenters. The zero-order valence-electron chi connectivity index (χ0n) is 11.9. The molecule has 0 radical (unpaired) electrons. The zero-order chi connectivity index (χ0) is 18.5. The van der Waals surface area contributed by atoms with E-state index in [0.29, 0.717) is 0 Å². The van der Waals surface area contributed by atoms with Gasteiger partial charge in [0, 0.05) is 0 Å². The summed E-state index contributed by atoms with van der Waals surface area (Å²) in [6, 6.07) is 5.52. The number of phenolic OH excluding ortho intramolecular Hbond substituents is 1. The maximum Gasteiger partial charge on any atom is 0.240 e. The molecule has 0 unspecified atom stereocenters. The van der Waals surface area contributed by atoms with Crippen LogP contribution in [0.5, 0.6) is 5.75 Å². The number of aromatic hydroxyl groups is 1. The Kier molecular flexibility index (Phi) is 3.69. The van der Waals surface area contributed by atoms with Crippen LogP contribution in [0.25, 0.3) is 0 Å². The lowest BCUT2D eigenvalue weighted by Crippen LogP contribution is -2.50. The van der Waals surface area contributed by atoms with E-state index in [1.807, 2.05) is 0 Å². The van der Waals surface area contributed by atoms with Gasteiger partial charge in [-0.25, -0.2) is 4.90 Å². The lowest BCUT2D eigenvalue weighted by atomic mass is 9.84. The fourth-order valence-electron chi connectivity index (χ4n) is 3.85. The lowest BCUT2D eigenvalue weighted by molar-refractivity contribution is -0.123. The van der Waals surface area contributed by atoms with Gasteiger partial charge in [0.05, 0.1) is 27.6 Å². The van der Waals surface area contributed by atoms with Gasteiger partial charge in [-0.05, 0) is 24.3 Å². The molecule has 1 aromatic carbocycles. The van der Waals surface area contributed by atoms with Gasteiger partial charge in [-0.2, -0.15) is 0 Å². The summed E-state index contributed by atoms with van der Waals surface area (Å²) in [5.74, 6) is -3.62. The van der Waals surface area contributed by atoms with Crippen LogP contribution in [0.4, 0.5) is 5.69 Å². The van der Waals surface area contributed by atoms with Crippen LogP contribution in [0.3, 0.4) is 0 Å². The number of nitrogens with zero attached hydrogens (tertiary/aromatic N) is 1. The highest BCUT2D eigenvalue weighted by molar-refractivity contribution is 6.67. The Balaban J connectivity index is 1.90. The number of anilines is 1. The summed E-state index contributed by atoms with van der Waals surface area (Å²) in [5, 5.41) is 9.13. The molecule has 0 aromatic heterocycles. The van der Waals surface area contributed by atoms with Crippen molar-refractivity contribution in [2.75, 3.05) is 4.90 Å². The fraction of sp³-hybridized carbons (Fsp3) is 0.333. The molecule has 4 nitrogen and oxygen atoms in total. The second-order valence-electron chi connectivity index (χ2n) is 6.11. The van der Waals surface area contributed by atoms with Crippen LogP contribution in [0.15, 0.2) is 34.3 Å². The number of benzene rings is 1. The summed E-state index contributed by atoms with van der Waals surface area (Å²) >= 11 is 38.4. The standard InChI is InChI=1S/C15H7Cl6NO3/c16-9-10(17)14(19)8-7(13(9,18)15(14,20)21)11(24)22(12(8)25)5-1-3-6(23)4-2-5/h1-4,7-8,23H/t7-,8+,13-,14-/m0/s1. The molecule has 1 saturated carbocycles. The van der Waals surface area contributed by atoms with Crippen molar-refractivity contribution in [2.45, 2.75) is 14.1 Å². The summed E-state index contributed by atoms with van der Waals surface area (Å²) in [4.78, 5) is 23.3. The molecule has 3 aliphatic rings. The smallest absolute Gasteiger partial charge is 0.240 e. The second kappa shape index (κ2) is 5.12. The Labute approximate surface area is 172 Å². The Morgan fingerprint density at radius 3 is 1.64 bits per heavy atom. The van der Waals surface area contributed by atoms with Crippen LogP contribution in [-0.4, -0.2) is 31.0 Å². The van der Waals surface area contributed by atoms with Gasteiger partial charge in [0.15, 0.2) is 4.33 Å². The molecule has 2 amide bonds. The van der Waals surface area contributed by atoms with Crippen molar-refractivity contribution in [3.8, 4) is 5.75 Å². The van der Waals surface area contributed by atoms with E-state index in [9.17, 15) is 14.7 Å². The third kappa shape index (κ3) is 1.75. The van der Waals surface area contributed by atoms with Crippen molar-refractivity contribution in [1.29, 1.82) is 0 Å². The summed E-state index contributed by atoms with van der Waals surface area (Å²) in [5.41, 5.74) is 0.254. The predicted molar refractivity (Wildman–Crippen MR) is 97.9 cm³/mol. The van der Waals surface area contributed by atoms with E-state index < -0.39 is 37.7 Å². The van der Waals surface area contributed by atoms with Gasteiger partial charge in [0.25, 0.3) is 0 Å². The molecule has 1 aliphatic heterocycles. The maximum atomic E-state index is 13.0. The molecule has 1 aromatic rings. The number of alkyl halides is 4. The average molecular weight is 462 g/mol. The molecule has 4 rings (SSSR count). The number of hydrogen-bond acceptors (Lipinski definition) is 3. The summed E-state index contributed by atoms with van der Waals surface area (Å²) in [7, 11) is 0. The zero-order valence-corrected chi connectivity index (χ0v) is 16.5. The second-order valence-corrected chi connectivity index (χ2v) is 9.39. The van der Waals surface area contributed by atoms with Gasteiger partial charge in [0.2, 0.25) is 11.8 Å². The minimum atomic E-state index is -1.95. The highest BCUT2D eigenvalue weighted by atomic mass is 35.5. The van der Waals surface area contributed by atoms with E-state index in [-0.39, 0.29) is 21.5 Å². The van der Waals surface area contributed by atoms with Crippen molar-refractivity contribution in [3.05, 3.63) is 34.3 Å². The first-order chi connectivity index (χ1) is 11.5. The van der Waals surface area contributed by atoms with Crippen LogP contribution in [0.2, 0.25) is 0 Å². The highest BCUT2D eigenvalue weighted by Crippen LogP contribution is 2.77. The molecule has 10 heteroatoms. The number of phenols is 1. The van der Waals surface area contributed by atoms with Crippen molar-refractivity contribution in [1.82, 2.24) is 0 Å². The molecule has 2 aliphatic carbocycles. The first kappa shape index (κ1) is 18.0. The molecule has 1 saturated heterocycles. The normalized spacial score (nSPS) is 38.7. The summed E-state index contributed by atoms with van der Waals surface area (Å²) in [6.45, 7) is 0. The van der Waals surface area contributed by atoms with E-state index in [1.54, 1.807) is 0 Å². The molecule has 1 heterocycles. The first-order valence-corrected chi connectivity index (χ1v) is 9.26. The van der Waals surface area contributed by atoms with Gasteiger partial charge in [0.1, 0.15) is 15.5 Å². The van der Waals surface area contributed by atoms with E-state index in [2.05, 4.69) is 0 Å². The van der Waals surface area contributed by atoms with Crippen LogP contribution >= 0.6 is 69.6 Å². The Bertz CT molecular complexity index is 823. The Morgan fingerprint density at radius 2 is 1.24 bits per heavy atom. The molecule has 2 bridgehead atoms. The third-order valence-corrected chi connectivity index (χ3v) is 9.28. The van der Waals surface area contributed by atoms with Crippen LogP contribution in [0, 0.1) is 11.8 Å². The molecule has 1 N–H and O–H groups in total. The third-order valence-electron chi connectivity index (χ3n) is 5.02. The van der Waals surface area contributed by atoms with Crippen LogP contribution in [0.1, 0.15) is 0 Å². The number of hydrogen-bond donors (Lipinski definition) is 1. The maximum absolute atomic E-state index is 13.0. The highest BCUT2D eigenvalue weighted by Gasteiger charge is 2.87. The minimum Gasteiger partial charge on any atom is -0.508 e. The molecule has 0 spiro atoms. The number of halogens is 6. The van der Waals surface area contributed by atoms with Gasteiger partial charge < -0.3 is 5.11 Å². The molecular weight excluding hydrogens is 455 g/mol. The largest absolute Gasteiger partial charge is 0.508 e. The number of allylic oxidation sites excluding steroid dienone is 2. The average Bonchev–Trinajstić information content (AvgIpc) is 2.94. The molecule has 25 heavy (non-hydrogen) atoms. The molecular formula is C15H7Cl6NO3. The number of rotatable bonds is 1. The Morgan fingerprint density at radius 1 is 0.840 bits per heavy atom. The van der Waals surface area contributed by atoms with E-state index in [1.165, 1.54) is 24.3 Å². The number of carbonyl (C=O) groups excluding carboxylic acids is 2.